The topological polar surface area (TPSA) is 43.1 Å². The van der Waals surface area contributed by atoms with E-state index >= 15 is 0 Å². The minimum atomic E-state index is -0.174. The summed E-state index contributed by atoms with van der Waals surface area (Å²) >= 11 is 0. The van der Waals surface area contributed by atoms with Crippen molar-refractivity contribution in [3.05, 3.63) is 12.2 Å². The molecular formula is C24H47NO. The number of unbranched alkanes of at least 4 members (excludes halogenated alkanes) is 17. The molecule has 0 saturated heterocycles. The molecule has 0 saturated carbocycles. The van der Waals surface area contributed by atoms with Gasteiger partial charge in [-0.2, -0.15) is 0 Å². The lowest BCUT2D eigenvalue weighted by atomic mass is 10.0. The molecule has 0 aromatic heterocycles. The van der Waals surface area contributed by atoms with Crippen molar-refractivity contribution in [3.8, 4) is 0 Å². The van der Waals surface area contributed by atoms with Crippen LogP contribution in [0.25, 0.3) is 0 Å². The lowest BCUT2D eigenvalue weighted by molar-refractivity contribution is -0.118. The van der Waals surface area contributed by atoms with Gasteiger partial charge in [0.15, 0.2) is 0 Å². The zero-order chi connectivity index (χ0) is 19.1. The number of amides is 1. The van der Waals surface area contributed by atoms with Gasteiger partial charge < -0.3 is 5.73 Å². The predicted octanol–water partition coefficient (Wildman–Crippen LogP) is 7.85. The van der Waals surface area contributed by atoms with Crippen LogP contribution in [0.1, 0.15) is 135 Å². The van der Waals surface area contributed by atoms with Crippen molar-refractivity contribution in [1.29, 1.82) is 0 Å². The Kier molecular flexibility index (Phi) is 21.6. The van der Waals surface area contributed by atoms with Gasteiger partial charge in [0.2, 0.25) is 5.91 Å². The number of nitrogens with two attached hydrogens (primary N) is 1. The van der Waals surface area contributed by atoms with Gasteiger partial charge >= 0.3 is 0 Å². The van der Waals surface area contributed by atoms with E-state index in [9.17, 15) is 4.79 Å². The van der Waals surface area contributed by atoms with Crippen LogP contribution in [-0.2, 0) is 4.79 Å². The van der Waals surface area contributed by atoms with Crippen molar-refractivity contribution >= 4 is 5.91 Å². The monoisotopic (exact) mass is 365 g/mol. The second-order valence-corrected chi connectivity index (χ2v) is 7.92. The van der Waals surface area contributed by atoms with Crippen LogP contribution in [0.15, 0.2) is 12.2 Å². The van der Waals surface area contributed by atoms with E-state index in [4.69, 9.17) is 5.73 Å². The van der Waals surface area contributed by atoms with Crippen LogP contribution in [0, 0.1) is 0 Å². The van der Waals surface area contributed by atoms with Crippen LogP contribution in [0.3, 0.4) is 0 Å². The summed E-state index contributed by atoms with van der Waals surface area (Å²) in [6.07, 6.45) is 30.8. The van der Waals surface area contributed by atoms with Gasteiger partial charge in [-0.1, -0.05) is 109 Å². The van der Waals surface area contributed by atoms with Crippen LogP contribution in [0.4, 0.5) is 0 Å². The smallest absolute Gasteiger partial charge is 0.217 e. The van der Waals surface area contributed by atoms with Crippen molar-refractivity contribution < 1.29 is 4.79 Å². The average Bonchev–Trinajstić information content (AvgIpc) is 2.62. The molecule has 0 fully saturated rings. The van der Waals surface area contributed by atoms with Gasteiger partial charge in [-0.05, 0) is 32.1 Å². The van der Waals surface area contributed by atoms with Gasteiger partial charge in [0.25, 0.3) is 0 Å². The molecule has 2 N–H and O–H groups in total. The molecule has 0 heterocycles. The van der Waals surface area contributed by atoms with Crippen molar-refractivity contribution in [2.45, 2.75) is 135 Å². The van der Waals surface area contributed by atoms with Gasteiger partial charge in [0.1, 0.15) is 0 Å². The van der Waals surface area contributed by atoms with E-state index in [1.165, 1.54) is 103 Å². The number of allylic oxidation sites excluding steroid dienone is 2. The molecule has 26 heavy (non-hydrogen) atoms. The first-order valence-electron chi connectivity index (χ1n) is 11.7. The molecule has 2 heteroatoms. The van der Waals surface area contributed by atoms with E-state index in [1.54, 1.807) is 0 Å². The first-order valence-corrected chi connectivity index (χ1v) is 11.7. The molecule has 0 unspecified atom stereocenters. The maximum atomic E-state index is 10.6. The molecular weight excluding hydrogens is 318 g/mol. The second-order valence-electron chi connectivity index (χ2n) is 7.92. The highest BCUT2D eigenvalue weighted by atomic mass is 16.1. The lowest BCUT2D eigenvalue weighted by Crippen LogP contribution is -2.09. The van der Waals surface area contributed by atoms with Crippen LogP contribution >= 0.6 is 0 Å². The Labute approximate surface area is 164 Å². The number of rotatable bonds is 21. The fourth-order valence-electron chi connectivity index (χ4n) is 3.43. The third-order valence-corrected chi connectivity index (χ3v) is 5.18. The normalized spacial score (nSPS) is 11.4. The summed E-state index contributed by atoms with van der Waals surface area (Å²) in [5, 5.41) is 0. The van der Waals surface area contributed by atoms with Crippen molar-refractivity contribution in [2.24, 2.45) is 5.73 Å². The minimum absolute atomic E-state index is 0.174. The van der Waals surface area contributed by atoms with Crippen LogP contribution in [0.5, 0.6) is 0 Å². The zero-order valence-electron chi connectivity index (χ0n) is 17.8. The SMILES string of the molecule is CCCCCCCCCCCCCCCCC/C=C/CCCCC(N)=O. The molecule has 0 rings (SSSR count). The van der Waals surface area contributed by atoms with Crippen molar-refractivity contribution in [2.75, 3.05) is 0 Å². The number of hydrogen-bond acceptors (Lipinski definition) is 1. The Balaban J connectivity index is 3.05. The maximum absolute atomic E-state index is 10.6. The summed E-state index contributed by atoms with van der Waals surface area (Å²) in [7, 11) is 0. The fourth-order valence-corrected chi connectivity index (χ4v) is 3.43. The third-order valence-electron chi connectivity index (χ3n) is 5.18. The first kappa shape index (κ1) is 25.2. The number of carbonyl (C=O) groups excluding carboxylic acids is 1. The fraction of sp³-hybridized carbons (Fsp3) is 0.875. The molecule has 0 bridgehead atoms. The maximum Gasteiger partial charge on any atom is 0.217 e. The third kappa shape index (κ3) is 23.2. The standard InChI is InChI=1S/C24H47NO/c1-2-3-4-5-6-7-8-9-10-11-12-13-14-15-16-17-18-19-20-21-22-23-24(25)26/h18-19H,2-17,20-23H2,1H3,(H2,25,26)/b19-18+. The molecule has 154 valence electrons. The van der Waals surface area contributed by atoms with Crippen LogP contribution in [-0.4, -0.2) is 5.91 Å². The largest absolute Gasteiger partial charge is 0.370 e. The first-order chi connectivity index (χ1) is 12.8. The van der Waals surface area contributed by atoms with Gasteiger partial charge in [0, 0.05) is 6.42 Å². The average molecular weight is 366 g/mol. The molecule has 0 aliphatic rings. The summed E-state index contributed by atoms with van der Waals surface area (Å²) in [6, 6.07) is 0. The van der Waals surface area contributed by atoms with Gasteiger partial charge in [-0.3, -0.25) is 4.79 Å². The molecule has 0 aromatic carbocycles. The van der Waals surface area contributed by atoms with Crippen LogP contribution < -0.4 is 5.73 Å². The van der Waals surface area contributed by atoms with Crippen molar-refractivity contribution in [3.63, 3.8) is 0 Å². The molecule has 2 nitrogen and oxygen atoms in total. The summed E-state index contributed by atoms with van der Waals surface area (Å²) < 4.78 is 0. The van der Waals surface area contributed by atoms with E-state index < -0.39 is 0 Å². The molecule has 0 atom stereocenters. The molecule has 1 amide bonds. The highest BCUT2D eigenvalue weighted by Gasteiger charge is 1.94. The van der Waals surface area contributed by atoms with Crippen molar-refractivity contribution in [1.82, 2.24) is 0 Å². The number of primary amides is 1. The minimum Gasteiger partial charge on any atom is -0.370 e. The van der Waals surface area contributed by atoms with E-state index in [-0.39, 0.29) is 5.91 Å². The quantitative estimate of drug-likeness (QED) is 0.163. The summed E-state index contributed by atoms with van der Waals surface area (Å²) in [6.45, 7) is 2.29. The lowest BCUT2D eigenvalue weighted by Gasteiger charge is -2.03. The Morgan fingerprint density at radius 2 is 0.923 bits per heavy atom. The van der Waals surface area contributed by atoms with Gasteiger partial charge in [-0.25, -0.2) is 0 Å². The predicted molar refractivity (Wildman–Crippen MR) is 116 cm³/mol. The zero-order valence-corrected chi connectivity index (χ0v) is 17.8. The van der Waals surface area contributed by atoms with Gasteiger partial charge in [0.05, 0.1) is 0 Å². The molecule has 0 radical (unpaired) electrons. The summed E-state index contributed by atoms with van der Waals surface area (Å²) in [5.41, 5.74) is 5.12. The Bertz CT molecular complexity index is 311. The Morgan fingerprint density at radius 1 is 0.577 bits per heavy atom. The number of carbonyl (C=O) groups is 1. The molecule has 0 aliphatic carbocycles. The Hall–Kier alpha value is -0.790. The van der Waals surface area contributed by atoms with E-state index in [1.807, 2.05) is 0 Å². The van der Waals surface area contributed by atoms with E-state index in [2.05, 4.69) is 19.1 Å². The highest BCUT2D eigenvalue weighted by molar-refractivity contribution is 5.73. The summed E-state index contributed by atoms with van der Waals surface area (Å²) in [5.74, 6) is -0.174. The van der Waals surface area contributed by atoms with E-state index in [0.717, 1.165) is 19.3 Å². The van der Waals surface area contributed by atoms with E-state index in [0.29, 0.717) is 6.42 Å². The number of hydrogen-bond donors (Lipinski definition) is 1. The molecule has 0 spiro atoms. The second kappa shape index (κ2) is 22.3. The Morgan fingerprint density at radius 3 is 1.31 bits per heavy atom. The molecule has 0 aromatic rings. The molecule has 0 aliphatic heterocycles. The van der Waals surface area contributed by atoms with Gasteiger partial charge in [-0.15, -0.1) is 0 Å². The summed E-state index contributed by atoms with van der Waals surface area (Å²) in [4.78, 5) is 10.6. The van der Waals surface area contributed by atoms with Crippen LogP contribution in [0.2, 0.25) is 0 Å². The highest BCUT2D eigenvalue weighted by Crippen LogP contribution is 2.13.